The van der Waals surface area contributed by atoms with Gasteiger partial charge in [0.25, 0.3) is 0 Å². The molecule has 0 saturated heterocycles. The first-order valence-electron chi connectivity index (χ1n) is 10.9. The monoisotopic (exact) mass is 387 g/mol. The summed E-state index contributed by atoms with van der Waals surface area (Å²) in [6, 6.07) is 7.00. The Hall–Kier alpha value is -1.19. The Kier molecular flexibility index (Phi) is 10.1. The van der Waals surface area contributed by atoms with E-state index in [1.54, 1.807) is 11.1 Å². The van der Waals surface area contributed by atoms with Crippen molar-refractivity contribution < 1.29 is 5.11 Å². The van der Waals surface area contributed by atoms with Crippen molar-refractivity contribution in [3.63, 3.8) is 0 Å². The van der Waals surface area contributed by atoms with Crippen molar-refractivity contribution in [2.45, 2.75) is 90.9 Å². The molecule has 3 rings (SSSR count). The third-order valence-electron chi connectivity index (χ3n) is 5.30. The maximum Gasteiger partial charge on any atom is 0.0963 e. The van der Waals surface area contributed by atoms with E-state index in [0.717, 1.165) is 12.8 Å². The Bertz CT molecular complexity index is 656. The van der Waals surface area contributed by atoms with Crippen LogP contribution in [-0.2, 0) is 12.8 Å². The lowest BCUT2D eigenvalue weighted by molar-refractivity contribution is 0.287. The van der Waals surface area contributed by atoms with E-state index >= 15 is 0 Å². The van der Waals surface area contributed by atoms with Gasteiger partial charge in [-0.1, -0.05) is 52.2 Å². The number of benzene rings is 1. The van der Waals surface area contributed by atoms with Crippen LogP contribution in [0.5, 0.6) is 0 Å². The zero-order valence-corrected chi connectivity index (χ0v) is 18.3. The van der Waals surface area contributed by atoms with Crippen molar-refractivity contribution >= 4 is 11.3 Å². The highest BCUT2D eigenvalue weighted by molar-refractivity contribution is 7.10. The van der Waals surface area contributed by atoms with Crippen molar-refractivity contribution in [2.24, 2.45) is 0 Å². The summed E-state index contributed by atoms with van der Waals surface area (Å²) >= 11 is 1.86. The SMILES string of the molecule is CCCC(CCC)c1nc(-c2ccc3c(c2)CCCC3)cs1.CCCCO. The van der Waals surface area contributed by atoms with Crippen molar-refractivity contribution in [3.8, 4) is 11.3 Å². The molecule has 0 aliphatic heterocycles. The molecule has 1 heterocycles. The van der Waals surface area contributed by atoms with Gasteiger partial charge in [-0.15, -0.1) is 11.3 Å². The summed E-state index contributed by atoms with van der Waals surface area (Å²) in [6.45, 7) is 6.95. The predicted molar refractivity (Wildman–Crippen MR) is 119 cm³/mol. The van der Waals surface area contributed by atoms with Crippen LogP contribution in [0.3, 0.4) is 0 Å². The maximum absolute atomic E-state index is 8.07. The van der Waals surface area contributed by atoms with Gasteiger partial charge in [0.05, 0.1) is 10.7 Å². The standard InChI is InChI=1S/C20H27NS.C4H10O/c1-3-7-16(8-4-2)20-21-19(14-22-20)18-12-11-15-9-5-6-10-17(15)13-18;1-2-3-4-5/h11-14,16H,3-10H2,1-2H3;5H,2-4H2,1H3. The summed E-state index contributed by atoms with van der Waals surface area (Å²) in [6.07, 6.45) is 12.3. The number of nitrogens with zero attached hydrogens (tertiary/aromatic N) is 1. The van der Waals surface area contributed by atoms with Crippen LogP contribution in [0.15, 0.2) is 23.6 Å². The van der Waals surface area contributed by atoms with Gasteiger partial charge in [0.15, 0.2) is 0 Å². The van der Waals surface area contributed by atoms with Crippen LogP contribution < -0.4 is 0 Å². The summed E-state index contributed by atoms with van der Waals surface area (Å²) in [5, 5.41) is 11.7. The first kappa shape index (κ1) is 22.1. The first-order chi connectivity index (χ1) is 13.2. The highest BCUT2D eigenvalue weighted by Gasteiger charge is 2.16. The minimum atomic E-state index is 0.344. The minimum Gasteiger partial charge on any atom is -0.396 e. The molecule has 0 unspecified atom stereocenters. The van der Waals surface area contributed by atoms with E-state index in [1.807, 2.05) is 11.3 Å². The Balaban J connectivity index is 0.000000465. The van der Waals surface area contributed by atoms with Gasteiger partial charge in [0.2, 0.25) is 0 Å². The molecule has 1 aromatic heterocycles. The smallest absolute Gasteiger partial charge is 0.0963 e. The second-order valence-corrected chi connectivity index (χ2v) is 8.50. The number of unbranched alkanes of at least 4 members (excludes halogenated alkanes) is 1. The number of fused-ring (bicyclic) bond motifs is 1. The Labute approximate surface area is 170 Å². The number of aliphatic hydroxyl groups excluding tert-OH is 1. The van der Waals surface area contributed by atoms with Crippen LogP contribution >= 0.6 is 11.3 Å². The van der Waals surface area contributed by atoms with E-state index in [2.05, 4.69) is 44.4 Å². The van der Waals surface area contributed by atoms with Crippen LogP contribution in [0, 0.1) is 0 Å². The van der Waals surface area contributed by atoms with E-state index in [1.165, 1.54) is 67.6 Å². The molecule has 1 aliphatic carbocycles. The molecule has 1 aliphatic rings. The normalized spacial score (nSPS) is 13.2. The lowest BCUT2D eigenvalue weighted by Crippen LogP contribution is -2.02. The molecule has 27 heavy (non-hydrogen) atoms. The topological polar surface area (TPSA) is 33.1 Å². The third kappa shape index (κ3) is 6.73. The average molecular weight is 388 g/mol. The predicted octanol–water partition coefficient (Wildman–Crippen LogP) is 7.15. The van der Waals surface area contributed by atoms with Gasteiger partial charge in [0, 0.05) is 23.5 Å². The second kappa shape index (κ2) is 12.3. The van der Waals surface area contributed by atoms with Crippen LogP contribution in [0.1, 0.15) is 94.2 Å². The number of hydrogen-bond acceptors (Lipinski definition) is 3. The zero-order valence-electron chi connectivity index (χ0n) is 17.5. The van der Waals surface area contributed by atoms with Crippen LogP contribution in [0.2, 0.25) is 0 Å². The maximum atomic E-state index is 8.07. The highest BCUT2D eigenvalue weighted by Crippen LogP contribution is 2.33. The van der Waals surface area contributed by atoms with Gasteiger partial charge in [0.1, 0.15) is 0 Å². The molecule has 3 heteroatoms. The van der Waals surface area contributed by atoms with Crippen molar-refractivity contribution in [1.82, 2.24) is 4.98 Å². The van der Waals surface area contributed by atoms with Gasteiger partial charge in [-0.25, -0.2) is 4.98 Å². The summed E-state index contributed by atoms with van der Waals surface area (Å²) in [7, 11) is 0. The van der Waals surface area contributed by atoms with Gasteiger partial charge in [-0.3, -0.25) is 0 Å². The molecule has 0 spiro atoms. The molecule has 1 aromatic carbocycles. The lowest BCUT2D eigenvalue weighted by Gasteiger charge is -2.16. The number of hydrogen-bond donors (Lipinski definition) is 1. The van der Waals surface area contributed by atoms with E-state index in [-0.39, 0.29) is 0 Å². The lowest BCUT2D eigenvalue weighted by atomic mass is 9.90. The molecule has 0 saturated carbocycles. The first-order valence-corrected chi connectivity index (χ1v) is 11.8. The van der Waals surface area contributed by atoms with Crippen LogP contribution in [0.4, 0.5) is 0 Å². The quantitative estimate of drug-likeness (QED) is 0.521. The second-order valence-electron chi connectivity index (χ2n) is 7.61. The number of thiazole rings is 1. The van der Waals surface area contributed by atoms with Gasteiger partial charge >= 0.3 is 0 Å². The summed E-state index contributed by atoms with van der Waals surface area (Å²) in [5.74, 6) is 0.659. The highest BCUT2D eigenvalue weighted by atomic mass is 32.1. The number of aryl methyl sites for hydroxylation is 2. The number of aromatic nitrogens is 1. The Morgan fingerprint density at radius 3 is 2.30 bits per heavy atom. The molecule has 0 radical (unpaired) electrons. The van der Waals surface area contributed by atoms with E-state index in [0.29, 0.717) is 12.5 Å². The van der Waals surface area contributed by atoms with Gasteiger partial charge < -0.3 is 5.11 Å². The fourth-order valence-electron chi connectivity index (χ4n) is 3.75. The molecule has 0 atom stereocenters. The summed E-state index contributed by atoms with van der Waals surface area (Å²) in [5.41, 5.74) is 5.61. The summed E-state index contributed by atoms with van der Waals surface area (Å²) < 4.78 is 0. The number of aliphatic hydroxyl groups is 1. The molecule has 1 N–H and O–H groups in total. The van der Waals surface area contributed by atoms with Crippen molar-refractivity contribution in [3.05, 3.63) is 39.7 Å². The van der Waals surface area contributed by atoms with Crippen molar-refractivity contribution in [2.75, 3.05) is 6.61 Å². The van der Waals surface area contributed by atoms with Gasteiger partial charge in [-0.05, 0) is 62.1 Å². The zero-order chi connectivity index (χ0) is 19.5. The Morgan fingerprint density at radius 1 is 1.00 bits per heavy atom. The minimum absolute atomic E-state index is 0.344. The summed E-state index contributed by atoms with van der Waals surface area (Å²) in [4.78, 5) is 4.99. The largest absolute Gasteiger partial charge is 0.396 e. The van der Waals surface area contributed by atoms with Crippen LogP contribution in [-0.4, -0.2) is 16.7 Å². The molecular weight excluding hydrogens is 350 g/mol. The Morgan fingerprint density at radius 2 is 1.70 bits per heavy atom. The fraction of sp³-hybridized carbons (Fsp3) is 0.625. The molecule has 150 valence electrons. The number of rotatable bonds is 8. The van der Waals surface area contributed by atoms with E-state index in [4.69, 9.17) is 10.1 Å². The third-order valence-corrected chi connectivity index (χ3v) is 6.31. The molecule has 0 amide bonds. The molecule has 2 aromatic rings. The molecule has 2 nitrogen and oxygen atoms in total. The molecular formula is C24H37NOS. The van der Waals surface area contributed by atoms with Gasteiger partial charge in [-0.2, -0.15) is 0 Å². The average Bonchev–Trinajstić information content (AvgIpc) is 3.19. The van der Waals surface area contributed by atoms with Crippen LogP contribution in [0.25, 0.3) is 11.3 Å². The van der Waals surface area contributed by atoms with E-state index in [9.17, 15) is 0 Å². The fourth-order valence-corrected chi connectivity index (χ4v) is 4.75. The van der Waals surface area contributed by atoms with E-state index < -0.39 is 0 Å². The van der Waals surface area contributed by atoms with Crippen molar-refractivity contribution in [1.29, 1.82) is 0 Å². The molecule has 0 bridgehead atoms. The molecule has 0 fully saturated rings.